The summed E-state index contributed by atoms with van der Waals surface area (Å²) in [5.41, 5.74) is 2.74. The fraction of sp³-hybridized carbons (Fsp3) is 0.179. The molecule has 0 spiro atoms. The van der Waals surface area contributed by atoms with Gasteiger partial charge in [0.15, 0.2) is 15.6 Å². The van der Waals surface area contributed by atoms with Crippen LogP contribution in [0.15, 0.2) is 72.3 Å². The summed E-state index contributed by atoms with van der Waals surface area (Å²) >= 11 is 0. The van der Waals surface area contributed by atoms with Crippen molar-refractivity contribution in [3.05, 3.63) is 94.5 Å². The Morgan fingerprint density at radius 1 is 0.946 bits per heavy atom. The highest BCUT2D eigenvalue weighted by Gasteiger charge is 2.14. The lowest BCUT2D eigenvalue weighted by atomic mass is 10.1. The third kappa shape index (κ3) is 7.37. The van der Waals surface area contributed by atoms with Crippen molar-refractivity contribution in [2.24, 2.45) is 0 Å². The molecule has 0 saturated heterocycles. The molecule has 0 fully saturated rings. The minimum atomic E-state index is -3.71. The zero-order valence-corrected chi connectivity index (χ0v) is 21.8. The molecule has 0 radical (unpaired) electrons. The second kappa shape index (κ2) is 12.1. The van der Waals surface area contributed by atoms with Crippen molar-refractivity contribution < 1.29 is 32.5 Å². The number of ketones is 1. The van der Waals surface area contributed by atoms with E-state index < -0.39 is 9.84 Å². The van der Waals surface area contributed by atoms with Gasteiger partial charge >= 0.3 is 0 Å². The molecule has 0 aliphatic heterocycles. The number of ether oxygens (including phenoxy) is 3. The summed E-state index contributed by atoms with van der Waals surface area (Å²) in [6.07, 6.45) is 4.15. The highest BCUT2D eigenvalue weighted by molar-refractivity contribution is 7.93. The van der Waals surface area contributed by atoms with E-state index in [-0.39, 0.29) is 23.0 Å². The van der Waals surface area contributed by atoms with Crippen LogP contribution in [0, 0.1) is 6.92 Å². The van der Waals surface area contributed by atoms with Gasteiger partial charge in [-0.3, -0.25) is 4.79 Å². The third-order valence-electron chi connectivity index (χ3n) is 5.43. The highest BCUT2D eigenvalue weighted by Crippen LogP contribution is 2.35. The number of anilines is 1. The number of hydrogen-bond donors (Lipinski definition) is 2. The Kier molecular flexibility index (Phi) is 8.97. The molecule has 3 aromatic rings. The van der Waals surface area contributed by atoms with Gasteiger partial charge in [0.2, 0.25) is 0 Å². The molecule has 0 aliphatic rings. The van der Waals surface area contributed by atoms with Crippen molar-refractivity contribution in [1.29, 1.82) is 0 Å². The van der Waals surface area contributed by atoms with Crippen molar-refractivity contribution in [3.8, 4) is 23.0 Å². The van der Waals surface area contributed by atoms with Crippen LogP contribution in [0.25, 0.3) is 6.08 Å². The van der Waals surface area contributed by atoms with Gasteiger partial charge < -0.3 is 24.6 Å². The van der Waals surface area contributed by atoms with Crippen LogP contribution >= 0.6 is 0 Å². The number of nitrogens with one attached hydrogen (secondary N) is 1. The van der Waals surface area contributed by atoms with Crippen molar-refractivity contribution in [2.75, 3.05) is 26.6 Å². The van der Waals surface area contributed by atoms with E-state index in [1.807, 2.05) is 19.1 Å². The van der Waals surface area contributed by atoms with Gasteiger partial charge in [-0.2, -0.15) is 0 Å². The second-order valence-corrected chi connectivity index (χ2v) is 10.0. The number of aryl methyl sites for hydroxylation is 1. The molecule has 8 nitrogen and oxygen atoms in total. The molecule has 0 atom stereocenters. The van der Waals surface area contributed by atoms with E-state index in [1.165, 1.54) is 57.9 Å². The minimum Gasteiger partial charge on any atom is -0.506 e. The van der Waals surface area contributed by atoms with Crippen molar-refractivity contribution in [3.63, 3.8) is 0 Å². The number of phenolic OH excluding ortho intramolecular Hbond substituents is 1. The number of carbonyl (C=O) groups excluding carboxylic acids is 1. The van der Waals surface area contributed by atoms with Gasteiger partial charge in [-0.15, -0.1) is 0 Å². The zero-order valence-electron chi connectivity index (χ0n) is 21.0. The first kappa shape index (κ1) is 27.3. The normalized spacial score (nSPS) is 11.6. The Morgan fingerprint density at radius 3 is 2.19 bits per heavy atom. The number of methoxy groups -OCH3 is 3. The molecule has 0 heterocycles. The van der Waals surface area contributed by atoms with Crippen LogP contribution in [-0.2, 0) is 15.6 Å². The maximum absolute atomic E-state index is 12.8. The molecule has 194 valence electrons. The zero-order chi connectivity index (χ0) is 27.0. The van der Waals surface area contributed by atoms with Crippen LogP contribution in [-0.4, -0.2) is 40.6 Å². The van der Waals surface area contributed by atoms with Gasteiger partial charge in [0, 0.05) is 35.4 Å². The number of rotatable bonds is 11. The molecule has 0 aliphatic carbocycles. The maximum atomic E-state index is 12.8. The third-order valence-corrected chi connectivity index (χ3v) is 6.72. The van der Waals surface area contributed by atoms with Crippen LogP contribution in [0.2, 0.25) is 0 Å². The molecule has 9 heteroatoms. The summed E-state index contributed by atoms with van der Waals surface area (Å²) in [6, 6.07) is 14.8. The number of phenols is 1. The van der Waals surface area contributed by atoms with E-state index >= 15 is 0 Å². The van der Waals surface area contributed by atoms with Gasteiger partial charge in [-0.25, -0.2) is 8.42 Å². The summed E-state index contributed by atoms with van der Waals surface area (Å²) in [5, 5.41) is 14.1. The molecule has 0 saturated carbocycles. The average molecular weight is 524 g/mol. The fourth-order valence-corrected chi connectivity index (χ4v) is 4.54. The standard InChI is InChI=1S/C28H29NO7S/c1-19-5-8-21(9-6-19)25(30)11-13-29-24-15-20(7-10-26(24)31)18-37(32,33)14-12-23-27(35-3)16-22(34-2)17-28(23)36-4/h5-17,29,31H,18H2,1-4H3/b13-11+,14-12+. The van der Waals surface area contributed by atoms with E-state index in [4.69, 9.17) is 14.2 Å². The average Bonchev–Trinajstić information content (AvgIpc) is 2.88. The molecule has 2 N–H and O–H groups in total. The topological polar surface area (TPSA) is 111 Å². The van der Waals surface area contributed by atoms with Crippen molar-refractivity contribution in [1.82, 2.24) is 0 Å². The number of carbonyl (C=O) groups is 1. The quantitative estimate of drug-likeness (QED) is 0.202. The number of benzene rings is 3. The SMILES string of the molecule is COc1cc(OC)c(/C=C/S(=O)(=O)Cc2ccc(O)c(N/C=C/C(=O)c3ccc(C)cc3)c2)c(OC)c1. The predicted octanol–water partition coefficient (Wildman–Crippen LogP) is 5.12. The number of hydrogen-bond acceptors (Lipinski definition) is 8. The molecule has 0 aromatic heterocycles. The van der Waals surface area contributed by atoms with Gasteiger partial charge in [-0.05, 0) is 30.7 Å². The monoisotopic (exact) mass is 523 g/mol. The van der Waals surface area contributed by atoms with Gasteiger partial charge in [0.05, 0.1) is 38.3 Å². The van der Waals surface area contributed by atoms with E-state index in [2.05, 4.69) is 5.32 Å². The van der Waals surface area contributed by atoms with Crippen molar-refractivity contribution in [2.45, 2.75) is 12.7 Å². The van der Waals surface area contributed by atoms with Crippen molar-refractivity contribution >= 4 is 27.4 Å². The maximum Gasteiger partial charge on any atom is 0.187 e. The molecule has 3 rings (SSSR count). The first-order valence-corrected chi connectivity index (χ1v) is 12.9. The summed E-state index contributed by atoms with van der Waals surface area (Å²) < 4.78 is 41.6. The van der Waals surface area contributed by atoms with Gasteiger partial charge in [-0.1, -0.05) is 35.9 Å². The van der Waals surface area contributed by atoms with Crippen LogP contribution in [0.3, 0.4) is 0 Å². The lowest BCUT2D eigenvalue weighted by molar-refractivity contribution is 0.104. The van der Waals surface area contributed by atoms with Crippen LogP contribution in [0.4, 0.5) is 5.69 Å². The number of sulfone groups is 1. The molecule has 3 aromatic carbocycles. The van der Waals surface area contributed by atoms with Gasteiger partial charge in [0.25, 0.3) is 0 Å². The molecule has 0 unspecified atom stereocenters. The molecular weight excluding hydrogens is 494 g/mol. The Morgan fingerprint density at radius 2 is 1.59 bits per heavy atom. The molecule has 0 amide bonds. The molecule has 0 bridgehead atoms. The van der Waals surface area contributed by atoms with Crippen LogP contribution < -0.4 is 19.5 Å². The molecular formula is C28H29NO7S. The summed E-state index contributed by atoms with van der Waals surface area (Å²) in [6.45, 7) is 1.93. The first-order valence-electron chi connectivity index (χ1n) is 11.2. The van der Waals surface area contributed by atoms with E-state index in [1.54, 1.807) is 24.3 Å². The highest BCUT2D eigenvalue weighted by atomic mass is 32.2. The number of aromatic hydroxyl groups is 1. The Balaban J connectivity index is 1.75. The summed E-state index contributed by atoms with van der Waals surface area (Å²) in [7, 11) is 0.733. The first-order chi connectivity index (χ1) is 17.7. The van der Waals surface area contributed by atoms with Gasteiger partial charge in [0.1, 0.15) is 23.0 Å². The van der Waals surface area contributed by atoms with Crippen LogP contribution in [0.1, 0.15) is 27.0 Å². The van der Waals surface area contributed by atoms with E-state index in [9.17, 15) is 18.3 Å². The lowest BCUT2D eigenvalue weighted by Crippen LogP contribution is -2.02. The minimum absolute atomic E-state index is 0.0863. The Labute approximate surface area is 216 Å². The van der Waals surface area contributed by atoms with Crippen LogP contribution in [0.5, 0.6) is 23.0 Å². The van der Waals surface area contributed by atoms with E-state index in [0.29, 0.717) is 33.9 Å². The Bertz CT molecular complexity index is 1400. The summed E-state index contributed by atoms with van der Waals surface area (Å²) in [4.78, 5) is 12.3. The number of allylic oxidation sites excluding steroid dienone is 1. The fourth-order valence-electron chi connectivity index (χ4n) is 3.46. The summed E-state index contributed by atoms with van der Waals surface area (Å²) in [5.74, 6) is 0.687. The smallest absolute Gasteiger partial charge is 0.187 e. The van der Waals surface area contributed by atoms with E-state index in [0.717, 1.165) is 11.0 Å². The molecule has 37 heavy (non-hydrogen) atoms. The predicted molar refractivity (Wildman–Crippen MR) is 144 cm³/mol. The lowest BCUT2D eigenvalue weighted by Gasteiger charge is -2.12. The largest absolute Gasteiger partial charge is 0.506 e. The second-order valence-electron chi connectivity index (χ2n) is 8.11. The Hall–Kier alpha value is -4.24.